The first-order chi connectivity index (χ1) is 8.45. The van der Waals surface area contributed by atoms with Crippen molar-refractivity contribution in [3.63, 3.8) is 0 Å². The van der Waals surface area contributed by atoms with Gasteiger partial charge in [0.1, 0.15) is 5.82 Å². The van der Waals surface area contributed by atoms with Crippen LogP contribution in [0, 0.1) is 0 Å². The molecule has 2 aromatic rings. The van der Waals surface area contributed by atoms with Gasteiger partial charge in [-0.25, -0.2) is 4.98 Å². The molecule has 0 saturated carbocycles. The first-order valence-corrected chi connectivity index (χ1v) is 4.99. The van der Waals surface area contributed by atoms with E-state index in [-0.39, 0.29) is 5.82 Å². The Balaban J connectivity index is 2.32. The van der Waals surface area contributed by atoms with Crippen LogP contribution in [0.15, 0.2) is 36.4 Å². The normalized spacial score (nSPS) is 11.3. The Morgan fingerprint density at radius 1 is 1.06 bits per heavy atom. The van der Waals surface area contributed by atoms with Gasteiger partial charge in [0.25, 0.3) is 0 Å². The monoisotopic (exact) mass is 254 g/mol. The fraction of sp³-hybridized carbons (Fsp3) is 0.0909. The molecular weight excluding hydrogens is 245 g/mol. The minimum Gasteiger partial charge on any atom is -0.368 e. The smallest absolute Gasteiger partial charge is 0.368 e. The Kier molecular flexibility index (Phi) is 3.05. The first-order valence-electron chi connectivity index (χ1n) is 4.99. The van der Waals surface area contributed by atoms with Crippen LogP contribution in [0.25, 0.3) is 0 Å². The summed E-state index contributed by atoms with van der Waals surface area (Å²) in [6, 6.07) is 9.50. The number of hydrogen-bond acceptors (Lipinski definition) is 4. The second kappa shape index (κ2) is 4.52. The van der Waals surface area contributed by atoms with Crippen LogP contribution < -0.4 is 11.1 Å². The molecule has 94 valence electrons. The van der Waals surface area contributed by atoms with E-state index in [4.69, 9.17) is 5.73 Å². The number of anilines is 3. The first kappa shape index (κ1) is 12.2. The molecule has 1 aromatic heterocycles. The summed E-state index contributed by atoms with van der Waals surface area (Å²) >= 11 is 0. The van der Waals surface area contributed by atoms with Crippen LogP contribution in [0.5, 0.6) is 0 Å². The van der Waals surface area contributed by atoms with Crippen molar-refractivity contribution in [1.29, 1.82) is 0 Å². The molecule has 0 atom stereocenters. The molecule has 0 saturated heterocycles. The Morgan fingerprint density at radius 3 is 2.33 bits per heavy atom. The highest BCUT2D eigenvalue weighted by Crippen LogP contribution is 2.29. The Morgan fingerprint density at radius 2 is 1.72 bits per heavy atom. The van der Waals surface area contributed by atoms with E-state index in [1.807, 2.05) is 0 Å². The van der Waals surface area contributed by atoms with E-state index in [9.17, 15) is 13.2 Å². The van der Waals surface area contributed by atoms with E-state index in [1.165, 1.54) is 0 Å². The summed E-state index contributed by atoms with van der Waals surface area (Å²) in [5.74, 6) is -0.427. The third-order valence-corrected chi connectivity index (χ3v) is 2.08. The van der Waals surface area contributed by atoms with E-state index in [0.717, 1.165) is 6.07 Å². The van der Waals surface area contributed by atoms with Crippen molar-refractivity contribution in [1.82, 2.24) is 9.97 Å². The molecule has 4 nitrogen and oxygen atoms in total. The lowest BCUT2D eigenvalue weighted by molar-refractivity contribution is -0.141. The highest BCUT2D eigenvalue weighted by Gasteiger charge is 2.33. The summed E-state index contributed by atoms with van der Waals surface area (Å²) in [6.45, 7) is 0. The largest absolute Gasteiger partial charge is 0.433 e. The molecular formula is C11H9F3N4. The summed E-state index contributed by atoms with van der Waals surface area (Å²) in [4.78, 5) is 6.85. The quantitative estimate of drug-likeness (QED) is 0.864. The maximum Gasteiger partial charge on any atom is 0.433 e. The van der Waals surface area contributed by atoms with Gasteiger partial charge in [-0.1, -0.05) is 18.2 Å². The predicted molar refractivity (Wildman–Crippen MR) is 61.2 cm³/mol. The predicted octanol–water partition coefficient (Wildman–Crippen LogP) is 2.82. The van der Waals surface area contributed by atoms with Crippen LogP contribution >= 0.6 is 0 Å². The fourth-order valence-electron chi connectivity index (χ4n) is 1.34. The molecule has 1 heterocycles. The van der Waals surface area contributed by atoms with Crippen LogP contribution in [-0.4, -0.2) is 9.97 Å². The number of rotatable bonds is 2. The van der Waals surface area contributed by atoms with Crippen molar-refractivity contribution in [3.8, 4) is 0 Å². The molecule has 1 aromatic carbocycles. The molecule has 0 bridgehead atoms. The van der Waals surface area contributed by atoms with E-state index in [1.54, 1.807) is 30.3 Å². The van der Waals surface area contributed by atoms with E-state index < -0.39 is 17.8 Å². The minimum absolute atomic E-state index is 0.000949. The molecule has 18 heavy (non-hydrogen) atoms. The average molecular weight is 254 g/mol. The van der Waals surface area contributed by atoms with Gasteiger partial charge in [-0.05, 0) is 12.1 Å². The number of alkyl halides is 3. The maximum absolute atomic E-state index is 12.5. The van der Waals surface area contributed by atoms with Crippen molar-refractivity contribution in [3.05, 3.63) is 42.1 Å². The van der Waals surface area contributed by atoms with Crippen LogP contribution in [0.4, 0.5) is 30.6 Å². The molecule has 0 radical (unpaired) electrons. The number of halogens is 3. The number of nitrogens with two attached hydrogens (primary N) is 1. The Bertz CT molecular complexity index is 540. The van der Waals surface area contributed by atoms with Gasteiger partial charge in [-0.15, -0.1) is 0 Å². The summed E-state index contributed by atoms with van der Waals surface area (Å²) in [6.07, 6.45) is -4.55. The van der Waals surface area contributed by atoms with Crippen LogP contribution in [-0.2, 0) is 6.18 Å². The number of aromatic nitrogens is 2. The van der Waals surface area contributed by atoms with Crippen LogP contribution in [0.3, 0.4) is 0 Å². The number of nitrogen functional groups attached to an aromatic ring is 1. The third-order valence-electron chi connectivity index (χ3n) is 2.08. The SMILES string of the molecule is Nc1nc(Nc2ccccc2)cc(C(F)(F)F)n1. The topological polar surface area (TPSA) is 63.8 Å². The average Bonchev–Trinajstić information content (AvgIpc) is 2.28. The van der Waals surface area contributed by atoms with Gasteiger partial charge in [0.05, 0.1) is 0 Å². The second-order valence-corrected chi connectivity index (χ2v) is 3.49. The van der Waals surface area contributed by atoms with Gasteiger partial charge in [-0.2, -0.15) is 18.2 Å². The summed E-state index contributed by atoms with van der Waals surface area (Å²) < 4.78 is 37.5. The number of nitrogens with zero attached hydrogens (tertiary/aromatic N) is 2. The van der Waals surface area contributed by atoms with Crippen molar-refractivity contribution in [2.45, 2.75) is 6.18 Å². The van der Waals surface area contributed by atoms with Gasteiger partial charge in [0.15, 0.2) is 5.69 Å². The third kappa shape index (κ3) is 2.88. The Hall–Kier alpha value is -2.31. The number of nitrogens with one attached hydrogen (secondary N) is 1. The second-order valence-electron chi connectivity index (χ2n) is 3.49. The highest BCUT2D eigenvalue weighted by atomic mass is 19.4. The fourth-order valence-corrected chi connectivity index (χ4v) is 1.34. The van der Waals surface area contributed by atoms with Crippen molar-refractivity contribution >= 4 is 17.5 Å². The van der Waals surface area contributed by atoms with E-state index >= 15 is 0 Å². The molecule has 3 N–H and O–H groups in total. The van der Waals surface area contributed by atoms with Gasteiger partial charge in [-0.3, -0.25) is 0 Å². The van der Waals surface area contributed by atoms with E-state index in [2.05, 4.69) is 15.3 Å². The number of hydrogen-bond donors (Lipinski definition) is 2. The van der Waals surface area contributed by atoms with E-state index in [0.29, 0.717) is 5.69 Å². The van der Waals surface area contributed by atoms with Crippen molar-refractivity contribution in [2.24, 2.45) is 0 Å². The minimum atomic E-state index is -4.55. The molecule has 0 unspecified atom stereocenters. The zero-order valence-electron chi connectivity index (χ0n) is 9.07. The summed E-state index contributed by atoms with van der Waals surface area (Å²) in [7, 11) is 0. The molecule has 0 fully saturated rings. The zero-order chi connectivity index (χ0) is 13.2. The van der Waals surface area contributed by atoms with Gasteiger partial charge >= 0.3 is 6.18 Å². The molecule has 0 aliphatic carbocycles. The number of benzene rings is 1. The lowest BCUT2D eigenvalue weighted by atomic mass is 10.3. The van der Waals surface area contributed by atoms with Gasteiger partial charge < -0.3 is 11.1 Å². The molecule has 0 aliphatic rings. The Labute approximate surface area is 101 Å². The van der Waals surface area contributed by atoms with Gasteiger partial charge in [0.2, 0.25) is 5.95 Å². The standard InChI is InChI=1S/C11H9F3N4/c12-11(13,14)8-6-9(18-10(15)17-8)16-7-4-2-1-3-5-7/h1-6H,(H3,15,16,17,18). The summed E-state index contributed by atoms with van der Waals surface area (Å²) in [5.41, 5.74) is 4.79. The highest BCUT2D eigenvalue weighted by molar-refractivity contribution is 5.57. The lowest BCUT2D eigenvalue weighted by Crippen LogP contribution is -2.11. The van der Waals surface area contributed by atoms with Crippen molar-refractivity contribution < 1.29 is 13.2 Å². The maximum atomic E-state index is 12.5. The molecule has 2 rings (SSSR count). The molecule has 7 heteroatoms. The summed E-state index contributed by atoms with van der Waals surface area (Å²) in [5, 5.41) is 2.73. The zero-order valence-corrected chi connectivity index (χ0v) is 9.07. The molecule has 0 spiro atoms. The molecule has 0 amide bonds. The lowest BCUT2D eigenvalue weighted by Gasteiger charge is -2.10. The molecule has 0 aliphatic heterocycles. The number of para-hydroxylation sites is 1. The van der Waals surface area contributed by atoms with Crippen LogP contribution in [0.2, 0.25) is 0 Å². The van der Waals surface area contributed by atoms with Crippen molar-refractivity contribution in [2.75, 3.05) is 11.1 Å². The van der Waals surface area contributed by atoms with Crippen LogP contribution in [0.1, 0.15) is 5.69 Å². The van der Waals surface area contributed by atoms with Gasteiger partial charge in [0, 0.05) is 11.8 Å².